The van der Waals surface area contributed by atoms with Gasteiger partial charge in [-0.05, 0) is 30.0 Å². The third-order valence-electron chi connectivity index (χ3n) is 5.00. The first-order chi connectivity index (χ1) is 13.8. The molecule has 2 aliphatic heterocycles. The minimum atomic E-state index is -0.886. The minimum absolute atomic E-state index is 0. The summed E-state index contributed by atoms with van der Waals surface area (Å²) < 4.78 is 34.2. The number of nitrogens with zero attached hydrogens (tertiary/aromatic N) is 5. The van der Waals surface area contributed by atoms with Crippen molar-refractivity contribution in [3.63, 3.8) is 0 Å². The van der Waals surface area contributed by atoms with E-state index >= 15 is 0 Å². The van der Waals surface area contributed by atoms with Crippen LogP contribution < -0.4 is 4.74 Å². The molecule has 1 atom stereocenters. The highest BCUT2D eigenvalue weighted by Gasteiger charge is 2.42. The fourth-order valence-corrected chi connectivity index (χ4v) is 4.91. The fraction of sp³-hybridized carbons (Fsp3) is 0.333. The van der Waals surface area contributed by atoms with Gasteiger partial charge in [-0.25, -0.2) is 13.8 Å². The van der Waals surface area contributed by atoms with Crippen LogP contribution in [0.3, 0.4) is 0 Å². The summed E-state index contributed by atoms with van der Waals surface area (Å²) in [6.07, 6.45) is 1.39. The Kier molecular flexibility index (Phi) is 5.03. The van der Waals surface area contributed by atoms with Crippen molar-refractivity contribution < 1.29 is 18.4 Å². The van der Waals surface area contributed by atoms with Gasteiger partial charge in [-0.3, -0.25) is 9.47 Å². The molecule has 158 valence electrons. The van der Waals surface area contributed by atoms with E-state index in [2.05, 4.69) is 14.9 Å². The van der Waals surface area contributed by atoms with E-state index in [1.165, 1.54) is 23.6 Å². The Bertz CT molecular complexity index is 1100. The lowest BCUT2D eigenvalue weighted by molar-refractivity contribution is -0.389. The molecule has 8 nitrogen and oxygen atoms in total. The highest BCUT2D eigenvalue weighted by molar-refractivity contribution is 7.59. The number of rotatable bonds is 4. The molecule has 0 bridgehead atoms. The molecule has 0 saturated carbocycles. The van der Waals surface area contributed by atoms with E-state index in [-0.39, 0.29) is 25.3 Å². The number of thiazole rings is 1. The number of aromatic nitrogens is 3. The number of fused-ring (bicyclic) bond motifs is 2. The van der Waals surface area contributed by atoms with Gasteiger partial charge < -0.3 is 14.9 Å². The van der Waals surface area contributed by atoms with E-state index in [0.717, 1.165) is 22.7 Å². The van der Waals surface area contributed by atoms with Crippen LogP contribution in [0.4, 0.5) is 14.6 Å². The van der Waals surface area contributed by atoms with Crippen molar-refractivity contribution in [1.82, 2.24) is 19.4 Å². The Morgan fingerprint density at radius 2 is 2.10 bits per heavy atom. The molecular formula is C18H17F2N5O3S2. The Hall–Kier alpha value is -2.57. The standard InChI is InChI=1S/C18H15F2N5O3S.H2S/c1-18(9-24-7-15(25(26)27)22-17(24)28-18)8-23-5-13-14(6-23)29-16(21-13)10-2-3-11(19)12(20)4-10;/h2-4,7H,5-6,8-9H2,1H3;1H2/t18-;/m0./s1. The predicted octanol–water partition coefficient (Wildman–Crippen LogP) is 3.47. The molecule has 12 heteroatoms. The van der Waals surface area contributed by atoms with E-state index in [9.17, 15) is 18.9 Å². The molecule has 3 aromatic rings. The normalized spacial score (nSPS) is 19.8. The topological polar surface area (TPSA) is 86.3 Å². The fourth-order valence-electron chi connectivity index (χ4n) is 3.80. The zero-order valence-corrected chi connectivity index (χ0v) is 17.6. The molecule has 0 N–H and O–H groups in total. The van der Waals surface area contributed by atoms with Crippen LogP contribution in [-0.2, 0) is 19.6 Å². The molecule has 1 aromatic carbocycles. The molecule has 5 rings (SSSR count). The second kappa shape index (κ2) is 7.29. The average Bonchev–Trinajstić information content (AvgIpc) is 3.35. The average molecular weight is 453 g/mol. The number of imidazole rings is 1. The first-order valence-corrected chi connectivity index (χ1v) is 9.68. The predicted molar refractivity (Wildman–Crippen MR) is 110 cm³/mol. The quantitative estimate of drug-likeness (QED) is 0.444. The van der Waals surface area contributed by atoms with Gasteiger partial charge in [0.15, 0.2) is 11.6 Å². The summed E-state index contributed by atoms with van der Waals surface area (Å²) in [4.78, 5) is 22.1. The lowest BCUT2D eigenvalue weighted by Crippen LogP contribution is -2.43. The maximum absolute atomic E-state index is 13.5. The van der Waals surface area contributed by atoms with Crippen LogP contribution in [0.25, 0.3) is 10.6 Å². The van der Waals surface area contributed by atoms with Gasteiger partial charge in [0.05, 0.1) is 12.2 Å². The number of hydrogen-bond donors (Lipinski definition) is 0. The van der Waals surface area contributed by atoms with Crippen LogP contribution in [0.2, 0.25) is 0 Å². The Balaban J connectivity index is 0.00000218. The van der Waals surface area contributed by atoms with Crippen molar-refractivity contribution >= 4 is 30.7 Å². The minimum Gasteiger partial charge on any atom is -0.436 e. The molecular weight excluding hydrogens is 436 g/mol. The van der Waals surface area contributed by atoms with Crippen LogP contribution in [0.5, 0.6) is 6.01 Å². The van der Waals surface area contributed by atoms with Crippen molar-refractivity contribution in [3.05, 3.63) is 56.7 Å². The molecule has 0 amide bonds. The number of nitro groups is 1. The lowest BCUT2D eigenvalue weighted by atomic mass is 10.1. The summed E-state index contributed by atoms with van der Waals surface area (Å²) in [7, 11) is 0. The second-order valence-corrected chi connectivity index (χ2v) is 8.57. The van der Waals surface area contributed by atoms with Gasteiger partial charge in [-0.1, -0.05) is 0 Å². The van der Waals surface area contributed by atoms with Crippen molar-refractivity contribution in [2.75, 3.05) is 6.54 Å². The zero-order chi connectivity index (χ0) is 20.3. The Morgan fingerprint density at radius 1 is 1.30 bits per heavy atom. The zero-order valence-electron chi connectivity index (χ0n) is 15.8. The lowest BCUT2D eigenvalue weighted by Gasteiger charge is -2.27. The molecule has 0 saturated heterocycles. The van der Waals surface area contributed by atoms with E-state index in [4.69, 9.17) is 4.74 Å². The van der Waals surface area contributed by atoms with E-state index in [0.29, 0.717) is 36.8 Å². The molecule has 30 heavy (non-hydrogen) atoms. The molecule has 0 fully saturated rings. The van der Waals surface area contributed by atoms with Gasteiger partial charge in [0.1, 0.15) is 16.8 Å². The molecule has 0 unspecified atom stereocenters. The van der Waals surface area contributed by atoms with Crippen LogP contribution in [0, 0.1) is 21.7 Å². The summed E-state index contributed by atoms with van der Waals surface area (Å²) in [6.45, 7) is 4.32. The van der Waals surface area contributed by atoms with Gasteiger partial charge in [0.25, 0.3) is 0 Å². The first-order valence-electron chi connectivity index (χ1n) is 8.87. The molecule has 0 spiro atoms. The summed E-state index contributed by atoms with van der Waals surface area (Å²) in [5.41, 5.74) is 0.937. The summed E-state index contributed by atoms with van der Waals surface area (Å²) in [5.74, 6) is -1.98. The number of benzene rings is 1. The third-order valence-corrected chi connectivity index (χ3v) is 6.13. The summed E-state index contributed by atoms with van der Waals surface area (Å²) in [5, 5.41) is 11.5. The third kappa shape index (κ3) is 3.55. The van der Waals surface area contributed by atoms with Gasteiger partial charge in [-0.15, -0.1) is 11.3 Å². The van der Waals surface area contributed by atoms with Crippen molar-refractivity contribution in [2.45, 2.75) is 32.2 Å². The van der Waals surface area contributed by atoms with Crippen LogP contribution in [0.1, 0.15) is 17.5 Å². The smallest absolute Gasteiger partial charge is 0.415 e. The molecule has 4 heterocycles. The molecule has 0 aliphatic carbocycles. The Morgan fingerprint density at radius 3 is 2.77 bits per heavy atom. The highest BCUT2D eigenvalue weighted by atomic mass is 32.1. The number of hydrogen-bond acceptors (Lipinski definition) is 7. The summed E-state index contributed by atoms with van der Waals surface area (Å²) in [6, 6.07) is 4.05. The van der Waals surface area contributed by atoms with Crippen LogP contribution >= 0.6 is 24.8 Å². The molecule has 2 aliphatic rings. The van der Waals surface area contributed by atoms with Crippen molar-refractivity contribution in [3.8, 4) is 16.6 Å². The molecule has 2 aromatic heterocycles. The van der Waals surface area contributed by atoms with Crippen molar-refractivity contribution in [2.24, 2.45) is 0 Å². The largest absolute Gasteiger partial charge is 0.436 e. The van der Waals surface area contributed by atoms with Gasteiger partial charge in [-0.2, -0.15) is 13.5 Å². The maximum Gasteiger partial charge on any atom is 0.415 e. The van der Waals surface area contributed by atoms with Crippen molar-refractivity contribution in [1.29, 1.82) is 0 Å². The van der Waals surface area contributed by atoms with Crippen LogP contribution in [-0.4, -0.2) is 36.5 Å². The van der Waals surface area contributed by atoms with Gasteiger partial charge >= 0.3 is 11.8 Å². The van der Waals surface area contributed by atoms with Gasteiger partial charge in [0, 0.05) is 35.1 Å². The van der Waals surface area contributed by atoms with E-state index in [1.54, 1.807) is 4.57 Å². The maximum atomic E-state index is 13.5. The van der Waals surface area contributed by atoms with Gasteiger partial charge in [0.2, 0.25) is 0 Å². The number of ether oxygens (including phenoxy) is 1. The molecule has 0 radical (unpaired) electrons. The number of halogens is 2. The van der Waals surface area contributed by atoms with E-state index < -0.39 is 22.2 Å². The highest BCUT2D eigenvalue weighted by Crippen LogP contribution is 2.37. The second-order valence-electron chi connectivity index (χ2n) is 7.48. The van der Waals surface area contributed by atoms with E-state index in [1.807, 2.05) is 6.92 Å². The monoisotopic (exact) mass is 453 g/mol. The Labute approximate surface area is 180 Å². The SMILES string of the molecule is C[C@]1(CN2Cc3nc(-c4ccc(F)c(F)c4)sc3C2)Cn2cc([N+](=O)[O-])nc2O1.S. The first kappa shape index (κ1) is 20.7. The summed E-state index contributed by atoms with van der Waals surface area (Å²) >= 11 is 1.47. The van der Waals surface area contributed by atoms with Crippen LogP contribution in [0.15, 0.2) is 24.4 Å².